The number of nitrogens with zero attached hydrogens (tertiary/aromatic N) is 2. The van der Waals surface area contributed by atoms with Gasteiger partial charge in [-0.15, -0.1) is 0 Å². The quantitative estimate of drug-likeness (QED) is 0.459. The van der Waals surface area contributed by atoms with Crippen molar-refractivity contribution in [2.45, 2.75) is 26.9 Å². The fraction of sp³-hybridized carbons (Fsp3) is 0.182. The second-order valence-corrected chi connectivity index (χ2v) is 6.73. The predicted molar refractivity (Wildman–Crippen MR) is 110 cm³/mol. The van der Waals surface area contributed by atoms with Crippen LogP contribution < -0.4 is 15.6 Å². The van der Waals surface area contributed by atoms with E-state index in [1.165, 1.54) is 0 Å². The molecule has 0 fully saturated rings. The van der Waals surface area contributed by atoms with Gasteiger partial charge in [0.2, 0.25) is 11.7 Å². The van der Waals surface area contributed by atoms with Crippen LogP contribution >= 0.6 is 0 Å². The Labute approximate surface area is 177 Å². The zero-order valence-corrected chi connectivity index (χ0v) is 17.0. The standard InChI is InChI=1S/C22H20N4O5/c1-3-19-23-18(26-31-19)12-29-15-10-8-14(9-11-15)21(27)24-25-22(28)20-13(2)16-6-4-5-7-17(16)30-20/h4-11H,3,12H2,1-2H3,(H,24,27)(H,25,28). The second-order valence-electron chi connectivity index (χ2n) is 6.73. The number of nitrogens with one attached hydrogen (secondary N) is 2. The number of furan rings is 1. The molecule has 0 bridgehead atoms. The zero-order valence-electron chi connectivity index (χ0n) is 17.0. The summed E-state index contributed by atoms with van der Waals surface area (Å²) >= 11 is 0. The van der Waals surface area contributed by atoms with Gasteiger partial charge in [0.05, 0.1) is 0 Å². The minimum absolute atomic E-state index is 0.151. The lowest BCUT2D eigenvalue weighted by Crippen LogP contribution is -2.41. The molecule has 9 heteroatoms. The Morgan fingerprint density at radius 3 is 2.48 bits per heavy atom. The number of para-hydroxylation sites is 1. The van der Waals surface area contributed by atoms with E-state index in [9.17, 15) is 9.59 Å². The number of ether oxygens (including phenoxy) is 1. The molecule has 0 unspecified atom stereocenters. The van der Waals surface area contributed by atoms with Crippen molar-refractivity contribution in [3.63, 3.8) is 0 Å². The summed E-state index contributed by atoms with van der Waals surface area (Å²) in [5.41, 5.74) is 6.43. The summed E-state index contributed by atoms with van der Waals surface area (Å²) in [5, 5.41) is 4.66. The fourth-order valence-electron chi connectivity index (χ4n) is 2.98. The minimum atomic E-state index is -0.534. The highest BCUT2D eigenvalue weighted by Crippen LogP contribution is 2.24. The molecule has 2 aromatic carbocycles. The van der Waals surface area contributed by atoms with Crippen molar-refractivity contribution in [1.82, 2.24) is 21.0 Å². The molecule has 9 nitrogen and oxygen atoms in total. The Hall–Kier alpha value is -4.14. The van der Waals surface area contributed by atoms with Gasteiger partial charge in [0, 0.05) is 22.9 Å². The van der Waals surface area contributed by atoms with Crippen molar-refractivity contribution in [2.75, 3.05) is 0 Å². The maximum atomic E-state index is 12.4. The maximum absolute atomic E-state index is 12.4. The van der Waals surface area contributed by atoms with Crippen molar-refractivity contribution in [2.24, 2.45) is 0 Å². The summed E-state index contributed by atoms with van der Waals surface area (Å²) in [5.74, 6) is 0.681. The monoisotopic (exact) mass is 420 g/mol. The van der Waals surface area contributed by atoms with E-state index in [-0.39, 0.29) is 12.4 Å². The Bertz CT molecular complexity index is 1230. The van der Waals surface area contributed by atoms with E-state index in [0.29, 0.717) is 40.6 Å². The molecule has 0 saturated carbocycles. The average molecular weight is 420 g/mol. The number of hydrazine groups is 1. The van der Waals surface area contributed by atoms with E-state index in [2.05, 4.69) is 21.0 Å². The highest BCUT2D eigenvalue weighted by atomic mass is 16.5. The van der Waals surface area contributed by atoms with Gasteiger partial charge in [-0.05, 0) is 37.3 Å². The highest BCUT2D eigenvalue weighted by molar-refractivity contribution is 6.01. The van der Waals surface area contributed by atoms with Crippen molar-refractivity contribution in [1.29, 1.82) is 0 Å². The third-order valence-corrected chi connectivity index (χ3v) is 4.64. The first-order valence-electron chi connectivity index (χ1n) is 9.68. The van der Waals surface area contributed by atoms with Gasteiger partial charge in [0.15, 0.2) is 12.4 Å². The zero-order chi connectivity index (χ0) is 21.8. The first kappa shape index (κ1) is 20.1. The number of amides is 2. The SMILES string of the molecule is CCc1nc(COc2ccc(C(=O)NNC(=O)c3oc4ccccc4c3C)cc2)no1. The van der Waals surface area contributed by atoms with E-state index in [0.717, 1.165) is 5.39 Å². The number of hydrogen-bond donors (Lipinski definition) is 2. The number of rotatable bonds is 6. The molecule has 2 heterocycles. The Morgan fingerprint density at radius 2 is 1.77 bits per heavy atom. The number of benzene rings is 2. The number of aromatic nitrogens is 2. The molecule has 158 valence electrons. The molecule has 0 spiro atoms. The van der Waals surface area contributed by atoms with Gasteiger partial charge >= 0.3 is 5.91 Å². The van der Waals surface area contributed by atoms with Crippen LogP contribution in [0.2, 0.25) is 0 Å². The summed E-state index contributed by atoms with van der Waals surface area (Å²) in [7, 11) is 0. The lowest BCUT2D eigenvalue weighted by Gasteiger charge is -2.08. The van der Waals surface area contributed by atoms with Gasteiger partial charge in [-0.2, -0.15) is 4.98 Å². The van der Waals surface area contributed by atoms with Gasteiger partial charge < -0.3 is 13.7 Å². The first-order valence-corrected chi connectivity index (χ1v) is 9.68. The van der Waals surface area contributed by atoms with E-state index < -0.39 is 11.8 Å². The minimum Gasteiger partial charge on any atom is -0.485 e. The Balaban J connectivity index is 1.32. The fourth-order valence-corrected chi connectivity index (χ4v) is 2.98. The molecule has 2 aromatic heterocycles. The number of carbonyl (C=O) groups excluding carboxylic acids is 2. The summed E-state index contributed by atoms with van der Waals surface area (Å²) in [6, 6.07) is 13.8. The van der Waals surface area contributed by atoms with Gasteiger partial charge in [-0.1, -0.05) is 30.3 Å². The van der Waals surface area contributed by atoms with Crippen LogP contribution in [0.3, 0.4) is 0 Å². The van der Waals surface area contributed by atoms with Gasteiger partial charge in [0.25, 0.3) is 5.91 Å². The van der Waals surface area contributed by atoms with Crippen LogP contribution in [0.1, 0.15) is 45.1 Å². The number of fused-ring (bicyclic) bond motifs is 1. The van der Waals surface area contributed by atoms with Crippen LogP contribution in [0, 0.1) is 6.92 Å². The topological polar surface area (TPSA) is 119 Å². The largest absolute Gasteiger partial charge is 0.485 e. The summed E-state index contributed by atoms with van der Waals surface area (Å²) in [6.07, 6.45) is 0.656. The molecule has 0 atom stereocenters. The molecule has 31 heavy (non-hydrogen) atoms. The van der Waals surface area contributed by atoms with E-state index in [4.69, 9.17) is 13.7 Å². The van der Waals surface area contributed by atoms with Gasteiger partial charge in [-0.3, -0.25) is 20.4 Å². The molecular formula is C22H20N4O5. The summed E-state index contributed by atoms with van der Waals surface area (Å²) in [4.78, 5) is 28.9. The van der Waals surface area contributed by atoms with Crippen LogP contribution in [-0.2, 0) is 13.0 Å². The van der Waals surface area contributed by atoms with Gasteiger partial charge in [-0.25, -0.2) is 0 Å². The van der Waals surface area contributed by atoms with E-state index in [1.54, 1.807) is 37.3 Å². The van der Waals surface area contributed by atoms with E-state index in [1.807, 2.05) is 25.1 Å². The molecule has 4 aromatic rings. The molecule has 4 rings (SSSR count). The molecule has 0 aliphatic rings. The van der Waals surface area contributed by atoms with Crippen molar-refractivity contribution in [3.8, 4) is 5.75 Å². The normalized spacial score (nSPS) is 10.8. The predicted octanol–water partition coefficient (Wildman–Crippen LogP) is 3.34. The molecule has 2 N–H and O–H groups in total. The summed E-state index contributed by atoms with van der Waals surface area (Å²) in [6.45, 7) is 3.86. The van der Waals surface area contributed by atoms with Crippen molar-refractivity contribution < 1.29 is 23.3 Å². The smallest absolute Gasteiger partial charge is 0.305 e. The van der Waals surface area contributed by atoms with Crippen LogP contribution in [0.25, 0.3) is 11.0 Å². The van der Waals surface area contributed by atoms with Crippen molar-refractivity contribution >= 4 is 22.8 Å². The maximum Gasteiger partial charge on any atom is 0.305 e. The molecule has 2 amide bonds. The molecule has 0 radical (unpaired) electrons. The third-order valence-electron chi connectivity index (χ3n) is 4.64. The molecule has 0 aliphatic heterocycles. The van der Waals surface area contributed by atoms with Gasteiger partial charge in [0.1, 0.15) is 11.3 Å². The van der Waals surface area contributed by atoms with Crippen LogP contribution in [0.5, 0.6) is 5.75 Å². The van der Waals surface area contributed by atoms with E-state index >= 15 is 0 Å². The Morgan fingerprint density at radius 1 is 1.03 bits per heavy atom. The average Bonchev–Trinajstić information content (AvgIpc) is 3.41. The van der Waals surface area contributed by atoms with Crippen LogP contribution in [0.4, 0.5) is 0 Å². The number of carbonyl (C=O) groups is 2. The second kappa shape index (κ2) is 8.70. The number of aryl methyl sites for hydroxylation is 2. The Kier molecular flexibility index (Phi) is 5.65. The molecule has 0 saturated heterocycles. The van der Waals surface area contributed by atoms with Crippen molar-refractivity contribution in [3.05, 3.63) is 77.1 Å². The first-order chi connectivity index (χ1) is 15.0. The third kappa shape index (κ3) is 4.40. The molecular weight excluding hydrogens is 400 g/mol. The van der Waals surface area contributed by atoms with Crippen LogP contribution in [0.15, 0.2) is 57.5 Å². The number of hydrogen-bond acceptors (Lipinski definition) is 7. The summed E-state index contributed by atoms with van der Waals surface area (Å²) < 4.78 is 16.2. The lowest BCUT2D eigenvalue weighted by molar-refractivity contribution is 0.0831. The van der Waals surface area contributed by atoms with Crippen LogP contribution in [-0.4, -0.2) is 22.0 Å². The molecule has 0 aliphatic carbocycles. The highest BCUT2D eigenvalue weighted by Gasteiger charge is 2.18. The lowest BCUT2D eigenvalue weighted by atomic mass is 10.1.